The lowest BCUT2D eigenvalue weighted by atomic mass is 10.0. The number of carbonyl (C=O) groups is 1. The minimum Gasteiger partial charge on any atom is -0.383 e. The van der Waals surface area contributed by atoms with Gasteiger partial charge in [0, 0.05) is 32.3 Å². The molecule has 122 valence electrons. The first kappa shape index (κ1) is 22.2. The van der Waals surface area contributed by atoms with Gasteiger partial charge in [-0.15, -0.1) is 24.8 Å². The Kier molecular flexibility index (Phi) is 11.7. The smallest absolute Gasteiger partial charge is 0.239 e. The lowest BCUT2D eigenvalue weighted by molar-refractivity contribution is -0.124. The highest BCUT2D eigenvalue weighted by Gasteiger charge is 2.29. The molecule has 1 amide bonds. The first-order valence-corrected chi connectivity index (χ1v) is 6.32. The van der Waals surface area contributed by atoms with E-state index in [2.05, 4.69) is 24.1 Å². The second-order valence-corrected chi connectivity index (χ2v) is 5.19. The van der Waals surface area contributed by atoms with Crippen LogP contribution >= 0.6 is 24.8 Å². The van der Waals surface area contributed by atoms with Crippen molar-refractivity contribution in [2.24, 2.45) is 5.73 Å². The molecule has 1 heterocycles. The molecular formula is C12H27Cl2N3O3. The minimum absolute atomic E-state index is 0. The summed E-state index contributed by atoms with van der Waals surface area (Å²) in [6, 6.07) is -0.601. The molecule has 0 spiro atoms. The molecule has 0 aliphatic carbocycles. The predicted octanol–water partition coefficient (Wildman–Crippen LogP) is 0.0307. The summed E-state index contributed by atoms with van der Waals surface area (Å²) >= 11 is 0. The molecule has 1 atom stereocenters. The van der Waals surface area contributed by atoms with Gasteiger partial charge in [0.1, 0.15) is 6.04 Å². The number of amides is 1. The highest BCUT2D eigenvalue weighted by atomic mass is 35.5. The maximum absolute atomic E-state index is 11.7. The molecule has 6 nitrogen and oxygen atoms in total. The average molecular weight is 332 g/mol. The van der Waals surface area contributed by atoms with Crippen LogP contribution in [-0.4, -0.2) is 69.0 Å². The van der Waals surface area contributed by atoms with E-state index in [1.54, 1.807) is 0 Å². The fourth-order valence-corrected chi connectivity index (χ4v) is 1.97. The Morgan fingerprint density at radius 3 is 2.45 bits per heavy atom. The summed E-state index contributed by atoms with van der Waals surface area (Å²) in [5, 5.41) is 2.88. The largest absolute Gasteiger partial charge is 0.383 e. The summed E-state index contributed by atoms with van der Waals surface area (Å²) in [4.78, 5) is 14.0. The van der Waals surface area contributed by atoms with Gasteiger partial charge in [-0.1, -0.05) is 0 Å². The van der Waals surface area contributed by atoms with Crippen LogP contribution in [0, 0.1) is 0 Å². The van der Waals surface area contributed by atoms with E-state index in [0.29, 0.717) is 6.54 Å². The van der Waals surface area contributed by atoms with Crippen LogP contribution in [0.25, 0.3) is 0 Å². The number of hydrogen-bond donors (Lipinski definition) is 2. The number of nitrogens with one attached hydrogen (secondary N) is 1. The number of halogens is 2. The molecule has 1 saturated heterocycles. The Morgan fingerprint density at radius 2 is 1.95 bits per heavy atom. The van der Waals surface area contributed by atoms with Gasteiger partial charge < -0.3 is 20.5 Å². The SMILES string of the molecule is COCC(N)C(=O)NCC(C)(C)N1CCOCC1.Cl.Cl. The highest BCUT2D eigenvalue weighted by molar-refractivity contribution is 5.85. The number of nitrogens with zero attached hydrogens (tertiary/aromatic N) is 1. The zero-order chi connectivity index (χ0) is 13.6. The van der Waals surface area contributed by atoms with Gasteiger partial charge in [-0.2, -0.15) is 0 Å². The van der Waals surface area contributed by atoms with Crippen LogP contribution in [0.15, 0.2) is 0 Å². The monoisotopic (exact) mass is 331 g/mol. The molecule has 0 aromatic rings. The quantitative estimate of drug-likeness (QED) is 0.718. The molecule has 1 aliphatic rings. The standard InChI is InChI=1S/C12H25N3O3.2ClH/c1-12(2,15-4-6-18-7-5-15)9-14-11(16)10(13)8-17-3;;/h10H,4-9,13H2,1-3H3,(H,14,16);2*1H. The normalized spacial score (nSPS) is 17.6. The number of rotatable bonds is 6. The molecule has 1 aliphatic heterocycles. The van der Waals surface area contributed by atoms with E-state index < -0.39 is 6.04 Å². The Labute approximate surface area is 133 Å². The van der Waals surface area contributed by atoms with Crippen LogP contribution in [0.4, 0.5) is 0 Å². The van der Waals surface area contributed by atoms with Crippen molar-refractivity contribution in [3.8, 4) is 0 Å². The number of ether oxygens (including phenoxy) is 2. The Hall–Kier alpha value is -0.110. The van der Waals surface area contributed by atoms with Gasteiger partial charge in [0.05, 0.1) is 19.8 Å². The van der Waals surface area contributed by atoms with Gasteiger partial charge in [0.2, 0.25) is 5.91 Å². The van der Waals surface area contributed by atoms with E-state index >= 15 is 0 Å². The van der Waals surface area contributed by atoms with Gasteiger partial charge in [0.25, 0.3) is 0 Å². The van der Waals surface area contributed by atoms with E-state index in [1.165, 1.54) is 7.11 Å². The summed E-state index contributed by atoms with van der Waals surface area (Å²) in [6.45, 7) is 8.33. The van der Waals surface area contributed by atoms with E-state index in [0.717, 1.165) is 26.3 Å². The predicted molar refractivity (Wildman–Crippen MR) is 83.8 cm³/mol. The van der Waals surface area contributed by atoms with Crippen molar-refractivity contribution >= 4 is 30.7 Å². The molecule has 0 bridgehead atoms. The topological polar surface area (TPSA) is 76.8 Å². The molecule has 0 aromatic heterocycles. The van der Waals surface area contributed by atoms with Crippen LogP contribution in [0.5, 0.6) is 0 Å². The average Bonchev–Trinajstić information content (AvgIpc) is 2.37. The molecule has 1 rings (SSSR count). The maximum Gasteiger partial charge on any atom is 0.239 e. The van der Waals surface area contributed by atoms with Crippen molar-refractivity contribution in [3.05, 3.63) is 0 Å². The first-order chi connectivity index (χ1) is 8.47. The fourth-order valence-electron chi connectivity index (χ4n) is 1.97. The summed E-state index contributed by atoms with van der Waals surface area (Å²) < 4.78 is 10.2. The van der Waals surface area contributed by atoms with Crippen molar-refractivity contribution in [3.63, 3.8) is 0 Å². The third-order valence-electron chi connectivity index (χ3n) is 3.25. The molecule has 0 aromatic carbocycles. The second-order valence-electron chi connectivity index (χ2n) is 5.19. The molecule has 1 unspecified atom stereocenters. The molecule has 8 heteroatoms. The number of hydrogen-bond acceptors (Lipinski definition) is 5. The molecule has 3 N–H and O–H groups in total. The Bertz CT molecular complexity index is 275. The van der Waals surface area contributed by atoms with Crippen molar-refractivity contribution in [2.75, 3.05) is 46.6 Å². The van der Waals surface area contributed by atoms with Crippen molar-refractivity contribution in [1.29, 1.82) is 0 Å². The van der Waals surface area contributed by atoms with Gasteiger partial charge in [-0.05, 0) is 13.8 Å². The number of morpholine rings is 1. The zero-order valence-corrected chi connectivity index (χ0v) is 14.0. The van der Waals surface area contributed by atoms with Gasteiger partial charge >= 0.3 is 0 Å². The van der Waals surface area contributed by atoms with E-state index in [1.807, 2.05) is 0 Å². The number of carbonyl (C=O) groups excluding carboxylic acids is 1. The minimum atomic E-state index is -0.601. The van der Waals surface area contributed by atoms with E-state index in [4.69, 9.17) is 15.2 Å². The Balaban J connectivity index is 0. The summed E-state index contributed by atoms with van der Waals surface area (Å²) in [7, 11) is 1.53. The Morgan fingerprint density at radius 1 is 1.40 bits per heavy atom. The lowest BCUT2D eigenvalue weighted by Gasteiger charge is -2.41. The van der Waals surface area contributed by atoms with E-state index in [-0.39, 0.29) is 42.9 Å². The van der Waals surface area contributed by atoms with Gasteiger partial charge in [-0.3, -0.25) is 9.69 Å². The van der Waals surface area contributed by atoms with Crippen LogP contribution in [0.1, 0.15) is 13.8 Å². The van der Waals surface area contributed by atoms with Crippen LogP contribution in [0.2, 0.25) is 0 Å². The highest BCUT2D eigenvalue weighted by Crippen LogP contribution is 2.14. The third-order valence-corrected chi connectivity index (χ3v) is 3.25. The van der Waals surface area contributed by atoms with E-state index in [9.17, 15) is 4.79 Å². The molecule has 20 heavy (non-hydrogen) atoms. The lowest BCUT2D eigenvalue weighted by Crippen LogP contribution is -2.57. The third kappa shape index (κ3) is 7.06. The first-order valence-electron chi connectivity index (χ1n) is 6.32. The van der Waals surface area contributed by atoms with Crippen LogP contribution in [0.3, 0.4) is 0 Å². The number of methoxy groups -OCH3 is 1. The molecule has 0 radical (unpaired) electrons. The number of nitrogens with two attached hydrogens (primary N) is 1. The summed E-state index contributed by atoms with van der Waals surface area (Å²) in [5.41, 5.74) is 5.57. The molecule has 1 fully saturated rings. The molecule has 0 saturated carbocycles. The van der Waals surface area contributed by atoms with Crippen molar-refractivity contribution < 1.29 is 14.3 Å². The summed E-state index contributed by atoms with van der Waals surface area (Å²) in [6.07, 6.45) is 0. The summed E-state index contributed by atoms with van der Waals surface area (Å²) in [5.74, 6) is -0.168. The van der Waals surface area contributed by atoms with Crippen LogP contribution in [-0.2, 0) is 14.3 Å². The molecular weight excluding hydrogens is 305 g/mol. The van der Waals surface area contributed by atoms with Crippen LogP contribution < -0.4 is 11.1 Å². The zero-order valence-electron chi connectivity index (χ0n) is 12.4. The van der Waals surface area contributed by atoms with Crippen molar-refractivity contribution in [1.82, 2.24) is 10.2 Å². The van der Waals surface area contributed by atoms with Gasteiger partial charge in [0.15, 0.2) is 0 Å². The van der Waals surface area contributed by atoms with Gasteiger partial charge in [-0.25, -0.2) is 0 Å². The second kappa shape index (κ2) is 10.6. The maximum atomic E-state index is 11.7. The van der Waals surface area contributed by atoms with Crippen molar-refractivity contribution in [2.45, 2.75) is 25.4 Å². The fraction of sp³-hybridized carbons (Fsp3) is 0.917.